The van der Waals surface area contributed by atoms with Crippen molar-refractivity contribution in [2.45, 2.75) is 0 Å². The first-order chi connectivity index (χ1) is 27.8. The molecule has 0 N–H and O–H groups in total. The molecule has 0 saturated heterocycles. The lowest BCUT2D eigenvalue weighted by atomic mass is 9.87. The van der Waals surface area contributed by atoms with E-state index in [0.717, 1.165) is 11.4 Å². The van der Waals surface area contributed by atoms with Crippen LogP contribution < -0.4 is 0 Å². The molecule has 0 saturated carbocycles. The molecule has 0 aliphatic heterocycles. The van der Waals surface area contributed by atoms with Crippen molar-refractivity contribution in [1.82, 2.24) is 9.13 Å². The second kappa shape index (κ2) is 13.2. The van der Waals surface area contributed by atoms with E-state index in [1.54, 1.807) is 0 Å². The third-order valence-electron chi connectivity index (χ3n) is 11.3. The largest absolute Gasteiger partial charge is 0.307 e. The van der Waals surface area contributed by atoms with Gasteiger partial charge in [0.15, 0.2) is 0 Å². The fraction of sp³-hybridized carbons (Fsp3) is 0. The Labute approximate surface area is 325 Å². The van der Waals surface area contributed by atoms with Gasteiger partial charge in [0.1, 0.15) is 0 Å². The molecule has 0 bridgehead atoms. The molecule has 2 nitrogen and oxygen atoms in total. The van der Waals surface area contributed by atoms with Crippen LogP contribution in [0.1, 0.15) is 0 Å². The maximum absolute atomic E-state index is 2.51. The molecule has 2 heteroatoms. The van der Waals surface area contributed by atoms with Gasteiger partial charge in [-0.2, -0.15) is 0 Å². The van der Waals surface area contributed by atoms with Crippen LogP contribution in [0.5, 0.6) is 0 Å². The van der Waals surface area contributed by atoms with Crippen molar-refractivity contribution in [3.63, 3.8) is 0 Å². The minimum absolute atomic E-state index is 1.12. The predicted molar refractivity (Wildman–Crippen MR) is 237 cm³/mol. The number of para-hydroxylation sites is 2. The van der Waals surface area contributed by atoms with E-state index in [0.29, 0.717) is 0 Å². The summed E-state index contributed by atoms with van der Waals surface area (Å²) in [7, 11) is 0. The van der Waals surface area contributed by atoms with Crippen LogP contribution in [-0.2, 0) is 0 Å². The smallest absolute Gasteiger partial charge is 0.0795 e. The molecule has 11 aromatic rings. The first-order valence-corrected chi connectivity index (χ1v) is 19.3. The average Bonchev–Trinajstić information content (AvgIpc) is 3.81. The summed E-state index contributed by atoms with van der Waals surface area (Å²) in [5.41, 5.74) is 16.7. The van der Waals surface area contributed by atoms with Crippen LogP contribution in [0.25, 0.3) is 99.5 Å². The second-order valence-electron chi connectivity index (χ2n) is 14.5. The molecular formula is C54H36N2. The zero-order valence-electron chi connectivity index (χ0n) is 30.7. The third-order valence-corrected chi connectivity index (χ3v) is 11.3. The predicted octanol–water partition coefficient (Wildman–Crippen LogP) is 14.5. The minimum Gasteiger partial charge on any atom is -0.307 e. The summed E-state index contributed by atoms with van der Waals surface area (Å²) in [6.07, 6.45) is 0. The lowest BCUT2D eigenvalue weighted by Crippen LogP contribution is -2.00. The third kappa shape index (κ3) is 5.04. The van der Waals surface area contributed by atoms with Crippen LogP contribution in [0.2, 0.25) is 0 Å². The highest BCUT2D eigenvalue weighted by Gasteiger charge is 2.28. The molecule has 56 heavy (non-hydrogen) atoms. The lowest BCUT2D eigenvalue weighted by molar-refractivity contribution is 1.15. The fourth-order valence-electron chi connectivity index (χ4n) is 8.87. The Balaban J connectivity index is 1.35. The first kappa shape index (κ1) is 32.0. The van der Waals surface area contributed by atoms with E-state index in [4.69, 9.17) is 0 Å². The Bertz CT molecular complexity index is 2960. The summed E-state index contributed by atoms with van der Waals surface area (Å²) >= 11 is 0. The summed E-state index contributed by atoms with van der Waals surface area (Å²) in [4.78, 5) is 0. The SMILES string of the molecule is c1ccc(-c2ccc(-n3c4ccccc4c4c(-c5ccccc5)c(-c5ccccc5)c5c6ccccc6n(-c6ccc(-c7ccccc7)cc6)c5c43)cc2)cc1. The van der Waals surface area contributed by atoms with E-state index >= 15 is 0 Å². The molecule has 0 radical (unpaired) electrons. The molecule has 0 spiro atoms. The van der Waals surface area contributed by atoms with Gasteiger partial charge in [0.25, 0.3) is 0 Å². The van der Waals surface area contributed by atoms with E-state index < -0.39 is 0 Å². The molecule has 0 atom stereocenters. The zero-order valence-corrected chi connectivity index (χ0v) is 30.7. The molecule has 0 aliphatic rings. The summed E-state index contributed by atoms with van der Waals surface area (Å²) < 4.78 is 5.02. The van der Waals surface area contributed by atoms with Crippen LogP contribution in [0, 0.1) is 0 Å². The van der Waals surface area contributed by atoms with Crippen LogP contribution in [0.15, 0.2) is 218 Å². The van der Waals surface area contributed by atoms with Crippen molar-refractivity contribution in [2.75, 3.05) is 0 Å². The molecule has 0 fully saturated rings. The van der Waals surface area contributed by atoms with E-state index in [1.165, 1.54) is 88.1 Å². The van der Waals surface area contributed by atoms with E-state index in [-0.39, 0.29) is 0 Å². The van der Waals surface area contributed by atoms with Gasteiger partial charge < -0.3 is 9.13 Å². The van der Waals surface area contributed by atoms with Gasteiger partial charge in [0, 0.05) is 44.0 Å². The monoisotopic (exact) mass is 712 g/mol. The Morgan fingerprint density at radius 1 is 0.232 bits per heavy atom. The highest BCUT2D eigenvalue weighted by atomic mass is 15.0. The standard InChI is InChI=1S/C54H36N2/c1-5-17-37(18-6-1)39-29-33-43(34-30-39)55-47-27-15-13-25-45(47)51-49(41-21-9-3-10-22-41)50(42-23-11-4-12-24-42)52-46-26-14-16-28-48(46)56(54(52)53(51)55)44-35-31-40(32-36-44)38-19-7-2-8-20-38/h1-36H. The van der Waals surface area contributed by atoms with Crippen LogP contribution in [0.4, 0.5) is 0 Å². The summed E-state index contributed by atoms with van der Waals surface area (Å²) in [6.45, 7) is 0. The van der Waals surface area contributed by atoms with Crippen molar-refractivity contribution >= 4 is 43.6 Å². The number of fused-ring (bicyclic) bond motifs is 7. The number of aromatic nitrogens is 2. The van der Waals surface area contributed by atoms with Gasteiger partial charge >= 0.3 is 0 Å². The van der Waals surface area contributed by atoms with Gasteiger partial charge in [0.2, 0.25) is 0 Å². The minimum atomic E-state index is 1.12. The fourth-order valence-corrected chi connectivity index (χ4v) is 8.87. The van der Waals surface area contributed by atoms with Gasteiger partial charge in [-0.3, -0.25) is 0 Å². The van der Waals surface area contributed by atoms with Crippen molar-refractivity contribution in [3.8, 4) is 55.9 Å². The Kier molecular flexibility index (Phi) is 7.53. The van der Waals surface area contributed by atoms with Gasteiger partial charge in [0.05, 0.1) is 22.1 Å². The lowest BCUT2D eigenvalue weighted by Gasteiger charge is -2.19. The number of benzene rings is 9. The van der Waals surface area contributed by atoms with Crippen molar-refractivity contribution < 1.29 is 0 Å². The molecule has 9 aromatic carbocycles. The van der Waals surface area contributed by atoms with E-state index in [2.05, 4.69) is 228 Å². The molecule has 11 rings (SSSR count). The van der Waals surface area contributed by atoms with Crippen molar-refractivity contribution in [1.29, 1.82) is 0 Å². The van der Waals surface area contributed by atoms with Gasteiger partial charge in [-0.25, -0.2) is 0 Å². The molecule has 262 valence electrons. The number of hydrogen-bond acceptors (Lipinski definition) is 0. The number of hydrogen-bond donors (Lipinski definition) is 0. The van der Waals surface area contributed by atoms with Gasteiger partial charge in [-0.15, -0.1) is 0 Å². The number of nitrogens with zero attached hydrogens (tertiary/aromatic N) is 2. The Morgan fingerprint density at radius 3 is 0.875 bits per heavy atom. The van der Waals surface area contributed by atoms with E-state index in [9.17, 15) is 0 Å². The molecular weight excluding hydrogens is 677 g/mol. The zero-order chi connectivity index (χ0) is 37.0. The summed E-state index contributed by atoms with van der Waals surface area (Å²) in [5, 5.41) is 4.94. The summed E-state index contributed by atoms with van der Waals surface area (Å²) in [6, 6.07) is 79.3. The second-order valence-corrected chi connectivity index (χ2v) is 14.5. The molecule has 0 aliphatic carbocycles. The molecule has 2 heterocycles. The number of rotatable bonds is 6. The van der Waals surface area contributed by atoms with Gasteiger partial charge in [-0.1, -0.05) is 182 Å². The molecule has 2 aromatic heterocycles. The summed E-state index contributed by atoms with van der Waals surface area (Å²) in [5.74, 6) is 0. The highest BCUT2D eigenvalue weighted by molar-refractivity contribution is 6.33. The normalized spacial score (nSPS) is 11.6. The van der Waals surface area contributed by atoms with E-state index in [1.807, 2.05) is 0 Å². The molecule has 0 amide bonds. The quantitative estimate of drug-likeness (QED) is 0.162. The first-order valence-electron chi connectivity index (χ1n) is 19.3. The Morgan fingerprint density at radius 2 is 0.518 bits per heavy atom. The average molecular weight is 713 g/mol. The van der Waals surface area contributed by atoms with Crippen molar-refractivity contribution in [3.05, 3.63) is 218 Å². The Hall–Kier alpha value is -7.42. The topological polar surface area (TPSA) is 9.86 Å². The van der Waals surface area contributed by atoms with Crippen molar-refractivity contribution in [2.24, 2.45) is 0 Å². The van der Waals surface area contributed by atoms with Crippen LogP contribution in [-0.4, -0.2) is 9.13 Å². The maximum Gasteiger partial charge on any atom is 0.0795 e. The molecule has 0 unspecified atom stereocenters. The highest BCUT2D eigenvalue weighted by Crippen LogP contribution is 2.52. The van der Waals surface area contributed by atoms with Gasteiger partial charge in [-0.05, 0) is 69.8 Å². The van der Waals surface area contributed by atoms with Crippen LogP contribution >= 0.6 is 0 Å². The maximum atomic E-state index is 2.51. The van der Waals surface area contributed by atoms with Crippen LogP contribution in [0.3, 0.4) is 0 Å².